The van der Waals surface area contributed by atoms with Gasteiger partial charge in [-0.2, -0.15) is 0 Å². The minimum absolute atomic E-state index is 0.237. The summed E-state index contributed by atoms with van der Waals surface area (Å²) in [6.07, 6.45) is 0.880. The third-order valence-corrected chi connectivity index (χ3v) is 3.56. The molecule has 0 heterocycles. The number of hydrogen-bond acceptors (Lipinski definition) is 3. The summed E-state index contributed by atoms with van der Waals surface area (Å²) in [4.78, 5) is 0. The van der Waals surface area contributed by atoms with Gasteiger partial charge in [0, 0.05) is 6.04 Å². The van der Waals surface area contributed by atoms with Crippen LogP contribution in [0.25, 0.3) is 0 Å². The number of likely N-dealkylation sites (N-methyl/N-ethyl adjacent to an activating group) is 1. The zero-order valence-corrected chi connectivity index (χ0v) is 12.9. The number of hydrogen-bond donors (Lipinski definition) is 1. The molecule has 2 rings (SSSR count). The Labute approximate surface area is 126 Å². The Morgan fingerprint density at radius 2 is 1.81 bits per heavy atom. The lowest BCUT2D eigenvalue weighted by Crippen LogP contribution is -2.23. The Balaban J connectivity index is 2.26. The molecule has 0 spiro atoms. The van der Waals surface area contributed by atoms with E-state index in [0.717, 1.165) is 24.5 Å². The summed E-state index contributed by atoms with van der Waals surface area (Å²) in [5.41, 5.74) is 2.43. The van der Waals surface area contributed by atoms with Crippen molar-refractivity contribution in [2.75, 3.05) is 20.8 Å². The molecule has 1 unspecified atom stereocenters. The summed E-state index contributed by atoms with van der Waals surface area (Å²) in [6.45, 7) is 3.03. The molecule has 0 saturated heterocycles. The Bertz CT molecular complexity index is 569. The van der Waals surface area contributed by atoms with Gasteiger partial charge in [0.05, 0.1) is 14.2 Å². The van der Waals surface area contributed by atoms with Gasteiger partial charge in [-0.1, -0.05) is 37.3 Å². The third kappa shape index (κ3) is 3.99. The molecule has 21 heavy (non-hydrogen) atoms. The molecule has 1 atom stereocenters. The van der Waals surface area contributed by atoms with Crippen molar-refractivity contribution in [1.82, 2.24) is 5.32 Å². The van der Waals surface area contributed by atoms with Crippen molar-refractivity contribution in [2.24, 2.45) is 0 Å². The molecule has 3 heteroatoms. The zero-order valence-electron chi connectivity index (χ0n) is 12.9. The van der Waals surface area contributed by atoms with E-state index in [2.05, 4.69) is 30.4 Å². The smallest absolute Gasteiger partial charge is 0.122 e. The first kappa shape index (κ1) is 15.4. The molecule has 0 aliphatic carbocycles. The number of ether oxygens (including phenoxy) is 2. The number of para-hydroxylation sites is 1. The molecule has 0 saturated carbocycles. The van der Waals surface area contributed by atoms with Crippen molar-refractivity contribution in [3.8, 4) is 11.5 Å². The predicted molar refractivity (Wildman–Crippen MR) is 86.1 cm³/mol. The lowest BCUT2D eigenvalue weighted by Gasteiger charge is -2.20. The van der Waals surface area contributed by atoms with E-state index < -0.39 is 0 Å². The molecular formula is C18H23NO2. The fourth-order valence-corrected chi connectivity index (χ4v) is 2.50. The van der Waals surface area contributed by atoms with Gasteiger partial charge in [0.15, 0.2) is 0 Å². The van der Waals surface area contributed by atoms with Crippen molar-refractivity contribution >= 4 is 0 Å². The Hall–Kier alpha value is -2.00. The Morgan fingerprint density at radius 3 is 2.52 bits per heavy atom. The molecule has 0 aromatic heterocycles. The van der Waals surface area contributed by atoms with Crippen LogP contribution in [0, 0.1) is 0 Å². The third-order valence-electron chi connectivity index (χ3n) is 3.56. The molecule has 1 N–H and O–H groups in total. The summed E-state index contributed by atoms with van der Waals surface area (Å²) >= 11 is 0. The molecule has 0 aliphatic rings. The molecule has 0 aliphatic heterocycles. The van der Waals surface area contributed by atoms with Crippen LogP contribution in [0.2, 0.25) is 0 Å². The van der Waals surface area contributed by atoms with E-state index in [1.807, 2.05) is 30.3 Å². The molecular weight excluding hydrogens is 262 g/mol. The van der Waals surface area contributed by atoms with Gasteiger partial charge in [0.25, 0.3) is 0 Å². The van der Waals surface area contributed by atoms with Crippen LogP contribution in [0.1, 0.15) is 24.1 Å². The van der Waals surface area contributed by atoms with E-state index in [0.29, 0.717) is 0 Å². The second kappa shape index (κ2) is 7.70. The molecule has 0 fully saturated rings. The number of benzene rings is 2. The quantitative estimate of drug-likeness (QED) is 0.843. The van der Waals surface area contributed by atoms with Gasteiger partial charge < -0.3 is 14.8 Å². The van der Waals surface area contributed by atoms with Crippen LogP contribution in [-0.4, -0.2) is 20.8 Å². The highest BCUT2D eigenvalue weighted by atomic mass is 16.5. The number of rotatable bonds is 7. The average Bonchev–Trinajstić information content (AvgIpc) is 2.55. The van der Waals surface area contributed by atoms with Crippen LogP contribution in [0.3, 0.4) is 0 Å². The van der Waals surface area contributed by atoms with Gasteiger partial charge in [-0.05, 0) is 42.3 Å². The van der Waals surface area contributed by atoms with E-state index in [1.165, 1.54) is 11.1 Å². The van der Waals surface area contributed by atoms with Crippen LogP contribution < -0.4 is 14.8 Å². The molecule has 0 bridgehead atoms. The molecule has 0 radical (unpaired) electrons. The van der Waals surface area contributed by atoms with E-state index in [9.17, 15) is 0 Å². The van der Waals surface area contributed by atoms with Crippen LogP contribution in [0.5, 0.6) is 11.5 Å². The first-order valence-electron chi connectivity index (χ1n) is 7.27. The number of nitrogens with one attached hydrogen (secondary N) is 1. The van der Waals surface area contributed by atoms with Gasteiger partial charge in [0.1, 0.15) is 11.5 Å². The second-order valence-electron chi connectivity index (χ2n) is 4.90. The maximum atomic E-state index is 5.45. The summed E-state index contributed by atoms with van der Waals surface area (Å²) in [5, 5.41) is 3.54. The van der Waals surface area contributed by atoms with Crippen molar-refractivity contribution in [3.63, 3.8) is 0 Å². The molecule has 0 amide bonds. The Kier molecular flexibility index (Phi) is 5.64. The van der Waals surface area contributed by atoms with E-state index in [4.69, 9.17) is 9.47 Å². The molecule has 112 valence electrons. The predicted octanol–water partition coefficient (Wildman–Crippen LogP) is 3.60. The minimum Gasteiger partial charge on any atom is -0.497 e. The van der Waals surface area contributed by atoms with E-state index in [1.54, 1.807) is 14.2 Å². The van der Waals surface area contributed by atoms with Gasteiger partial charge in [-0.25, -0.2) is 0 Å². The first-order chi connectivity index (χ1) is 10.3. The van der Waals surface area contributed by atoms with Crippen molar-refractivity contribution < 1.29 is 9.47 Å². The second-order valence-corrected chi connectivity index (χ2v) is 4.90. The summed E-state index contributed by atoms with van der Waals surface area (Å²) in [6, 6.07) is 16.6. The molecule has 2 aromatic carbocycles. The van der Waals surface area contributed by atoms with Crippen molar-refractivity contribution in [2.45, 2.75) is 19.4 Å². The highest BCUT2D eigenvalue weighted by molar-refractivity contribution is 5.36. The van der Waals surface area contributed by atoms with Gasteiger partial charge >= 0.3 is 0 Å². The largest absolute Gasteiger partial charge is 0.497 e. The van der Waals surface area contributed by atoms with Crippen molar-refractivity contribution in [3.05, 3.63) is 59.7 Å². The van der Waals surface area contributed by atoms with Crippen LogP contribution in [0.15, 0.2) is 48.5 Å². The zero-order chi connectivity index (χ0) is 15.1. The van der Waals surface area contributed by atoms with Crippen LogP contribution in [0.4, 0.5) is 0 Å². The lowest BCUT2D eigenvalue weighted by molar-refractivity contribution is 0.404. The normalized spacial score (nSPS) is 12.0. The van der Waals surface area contributed by atoms with Crippen LogP contribution in [-0.2, 0) is 6.42 Å². The highest BCUT2D eigenvalue weighted by Gasteiger charge is 2.14. The summed E-state index contributed by atoms with van der Waals surface area (Å²) in [7, 11) is 3.41. The summed E-state index contributed by atoms with van der Waals surface area (Å²) in [5.74, 6) is 1.82. The first-order valence-corrected chi connectivity index (χ1v) is 7.27. The maximum absolute atomic E-state index is 5.45. The molecule has 3 nitrogen and oxygen atoms in total. The highest BCUT2D eigenvalue weighted by Crippen LogP contribution is 2.26. The standard InChI is InChI=1S/C18H23NO2/c1-4-19-17(14-9-7-10-16(12-14)20-2)13-15-8-5-6-11-18(15)21-3/h5-12,17,19H,4,13H2,1-3H3. The fraction of sp³-hybridized carbons (Fsp3) is 0.333. The monoisotopic (exact) mass is 285 g/mol. The number of methoxy groups -OCH3 is 2. The minimum atomic E-state index is 0.237. The van der Waals surface area contributed by atoms with Crippen molar-refractivity contribution in [1.29, 1.82) is 0 Å². The van der Waals surface area contributed by atoms with Gasteiger partial charge in [0.2, 0.25) is 0 Å². The lowest BCUT2D eigenvalue weighted by atomic mass is 9.98. The van der Waals surface area contributed by atoms with Crippen LogP contribution >= 0.6 is 0 Å². The van der Waals surface area contributed by atoms with E-state index in [-0.39, 0.29) is 6.04 Å². The molecule has 2 aromatic rings. The fourth-order valence-electron chi connectivity index (χ4n) is 2.50. The van der Waals surface area contributed by atoms with Gasteiger partial charge in [-0.15, -0.1) is 0 Å². The topological polar surface area (TPSA) is 30.5 Å². The van der Waals surface area contributed by atoms with Gasteiger partial charge in [-0.3, -0.25) is 0 Å². The SMILES string of the molecule is CCNC(Cc1ccccc1OC)c1cccc(OC)c1. The summed E-state index contributed by atoms with van der Waals surface area (Å²) < 4.78 is 10.8. The maximum Gasteiger partial charge on any atom is 0.122 e. The average molecular weight is 285 g/mol. The van der Waals surface area contributed by atoms with E-state index >= 15 is 0 Å². The Morgan fingerprint density at radius 1 is 1.00 bits per heavy atom.